The van der Waals surface area contributed by atoms with Gasteiger partial charge in [0.25, 0.3) is 5.91 Å². The number of halogens is 1. The van der Waals surface area contributed by atoms with Gasteiger partial charge in [-0.1, -0.05) is 22.0 Å². The van der Waals surface area contributed by atoms with Crippen molar-refractivity contribution in [3.05, 3.63) is 46.4 Å². The number of rotatable bonds is 5. The lowest BCUT2D eigenvalue weighted by molar-refractivity contribution is -0.117. The van der Waals surface area contributed by atoms with Crippen LogP contribution in [0.15, 0.2) is 51.1 Å². The first-order chi connectivity index (χ1) is 12.9. The Kier molecular flexibility index (Phi) is 5.46. The van der Waals surface area contributed by atoms with Crippen molar-refractivity contribution < 1.29 is 19.4 Å². The molecule has 0 saturated heterocycles. The van der Waals surface area contributed by atoms with Crippen molar-refractivity contribution in [2.75, 3.05) is 14.2 Å². The monoisotopic (exact) mass is 431 g/mol. The van der Waals surface area contributed by atoms with Crippen molar-refractivity contribution in [2.24, 2.45) is 17.3 Å². The number of aryl methyl sites for hydroxylation is 1. The Morgan fingerprint density at radius 1 is 1.15 bits per heavy atom. The summed E-state index contributed by atoms with van der Waals surface area (Å²) in [5.41, 5.74) is 1.77. The highest BCUT2D eigenvalue weighted by Crippen LogP contribution is 2.39. The summed E-state index contributed by atoms with van der Waals surface area (Å²) in [7, 11) is 4.80. The summed E-state index contributed by atoms with van der Waals surface area (Å²) in [5, 5.41) is 18.8. The number of benzene rings is 2. The highest BCUT2D eigenvalue weighted by atomic mass is 79.9. The third-order valence-electron chi connectivity index (χ3n) is 4.17. The normalized spacial score (nSPS) is 11.3. The van der Waals surface area contributed by atoms with Gasteiger partial charge in [-0.25, -0.2) is 0 Å². The van der Waals surface area contributed by atoms with E-state index in [1.165, 1.54) is 7.11 Å². The molecule has 1 aromatic heterocycles. The second-order valence-corrected chi connectivity index (χ2v) is 6.77. The van der Waals surface area contributed by atoms with Gasteiger partial charge >= 0.3 is 0 Å². The maximum atomic E-state index is 12.2. The largest absolute Gasteiger partial charge is 0.493 e. The number of carbonyl (C=O) groups excluding carboxylic acids is 1. The van der Waals surface area contributed by atoms with Gasteiger partial charge in [0, 0.05) is 16.9 Å². The predicted molar refractivity (Wildman–Crippen MR) is 105 cm³/mol. The Labute approximate surface area is 164 Å². The molecule has 0 saturated carbocycles. The maximum absolute atomic E-state index is 12.2. The molecule has 7 nitrogen and oxygen atoms in total. The van der Waals surface area contributed by atoms with Crippen molar-refractivity contribution in [1.29, 1.82) is 0 Å². The molecule has 1 amide bonds. The van der Waals surface area contributed by atoms with Crippen LogP contribution >= 0.6 is 15.9 Å². The summed E-state index contributed by atoms with van der Waals surface area (Å²) in [4.78, 5) is 12.2. The van der Waals surface area contributed by atoms with Crippen molar-refractivity contribution in [3.8, 4) is 17.4 Å². The number of hydrogen-bond acceptors (Lipinski definition) is 5. The Balaban J connectivity index is 1.85. The average molecular weight is 432 g/mol. The molecule has 0 aliphatic rings. The van der Waals surface area contributed by atoms with E-state index in [0.717, 1.165) is 15.6 Å². The van der Waals surface area contributed by atoms with Crippen LogP contribution in [0, 0.1) is 0 Å². The van der Waals surface area contributed by atoms with E-state index >= 15 is 0 Å². The third kappa shape index (κ3) is 3.80. The topological polar surface area (TPSA) is 85.4 Å². The molecule has 140 valence electrons. The van der Waals surface area contributed by atoms with Crippen LogP contribution < -0.4 is 9.47 Å². The van der Waals surface area contributed by atoms with Crippen molar-refractivity contribution >= 4 is 38.4 Å². The van der Waals surface area contributed by atoms with Crippen LogP contribution in [0.3, 0.4) is 0 Å². The molecule has 27 heavy (non-hydrogen) atoms. The number of hydrogen-bond donors (Lipinski definition) is 1. The first-order valence-electron chi connectivity index (χ1n) is 8.07. The van der Waals surface area contributed by atoms with E-state index in [9.17, 15) is 9.90 Å². The number of nitrogens with zero attached hydrogens (tertiary/aromatic N) is 3. The second-order valence-electron chi connectivity index (χ2n) is 5.85. The summed E-state index contributed by atoms with van der Waals surface area (Å²) in [6.45, 7) is 0. The highest BCUT2D eigenvalue weighted by Gasteiger charge is 2.15. The lowest BCUT2D eigenvalue weighted by atomic mass is 10.1. The zero-order valence-corrected chi connectivity index (χ0v) is 16.6. The van der Waals surface area contributed by atoms with Crippen LogP contribution in [0.5, 0.6) is 17.4 Å². The molecule has 8 heteroatoms. The maximum Gasteiger partial charge on any atom is 0.269 e. The van der Waals surface area contributed by atoms with Gasteiger partial charge in [0.2, 0.25) is 5.88 Å². The molecule has 0 bridgehead atoms. The van der Waals surface area contributed by atoms with Gasteiger partial charge in [-0.15, -0.1) is 10.2 Å². The molecule has 1 heterocycles. The number of aromatic nitrogens is 1. The molecule has 0 aliphatic carbocycles. The molecule has 0 aliphatic heterocycles. The third-order valence-corrected chi connectivity index (χ3v) is 4.66. The Morgan fingerprint density at radius 2 is 1.89 bits per heavy atom. The molecule has 0 radical (unpaired) electrons. The van der Waals surface area contributed by atoms with Crippen LogP contribution in [0.4, 0.5) is 5.69 Å². The van der Waals surface area contributed by atoms with Gasteiger partial charge in [0.1, 0.15) is 0 Å². The van der Waals surface area contributed by atoms with Gasteiger partial charge in [-0.05, 0) is 35.9 Å². The number of fused-ring (bicyclic) bond motifs is 1. The second kappa shape index (κ2) is 7.79. The Hall–Kier alpha value is -2.87. The van der Waals surface area contributed by atoms with Gasteiger partial charge in [0.05, 0.1) is 26.2 Å². The van der Waals surface area contributed by atoms with Crippen molar-refractivity contribution in [1.82, 2.24) is 4.57 Å². The molecule has 0 spiro atoms. The van der Waals surface area contributed by atoms with Crippen LogP contribution in [0.2, 0.25) is 0 Å². The van der Waals surface area contributed by atoms with E-state index < -0.39 is 5.91 Å². The highest BCUT2D eigenvalue weighted by molar-refractivity contribution is 9.10. The van der Waals surface area contributed by atoms with Crippen molar-refractivity contribution in [2.45, 2.75) is 6.42 Å². The number of aromatic hydroxyl groups is 1. The standard InChI is InChI=1S/C19H18BrN3O4/c1-23-14-6-5-12(20)10-13(14)18(19(23)25)22-21-17(24)9-11-4-7-15(26-2)16(8-11)27-3/h4-8,10,25H,9H2,1-3H3. The number of methoxy groups -OCH3 is 2. The van der Waals surface area contributed by atoms with Crippen LogP contribution in [-0.4, -0.2) is 29.8 Å². The molecule has 3 rings (SSSR count). The van der Waals surface area contributed by atoms with Gasteiger partial charge in [-0.2, -0.15) is 0 Å². The lowest BCUT2D eigenvalue weighted by Gasteiger charge is -2.08. The minimum atomic E-state index is -0.436. The number of azo groups is 1. The first kappa shape index (κ1) is 18.9. The summed E-state index contributed by atoms with van der Waals surface area (Å²) < 4.78 is 12.9. The first-order valence-corrected chi connectivity index (χ1v) is 8.86. The fraction of sp³-hybridized carbons (Fsp3) is 0.211. The van der Waals surface area contributed by atoms with E-state index in [1.807, 2.05) is 18.2 Å². The van der Waals surface area contributed by atoms with Crippen molar-refractivity contribution in [3.63, 3.8) is 0 Å². The summed E-state index contributed by atoms with van der Waals surface area (Å²) in [5.74, 6) is 0.636. The number of amides is 1. The zero-order valence-electron chi connectivity index (χ0n) is 15.1. The van der Waals surface area contributed by atoms with E-state index in [0.29, 0.717) is 16.9 Å². The lowest BCUT2D eigenvalue weighted by Crippen LogP contribution is -1.99. The SMILES string of the molecule is COc1ccc(CC(=O)N=Nc2c(O)n(C)c3ccc(Br)cc23)cc1OC. The molecule has 0 unspecified atom stereocenters. The van der Waals surface area contributed by atoms with E-state index in [-0.39, 0.29) is 18.0 Å². The van der Waals surface area contributed by atoms with E-state index in [4.69, 9.17) is 9.47 Å². The smallest absolute Gasteiger partial charge is 0.269 e. The molecular weight excluding hydrogens is 414 g/mol. The molecule has 0 atom stereocenters. The van der Waals surface area contributed by atoms with E-state index in [2.05, 4.69) is 26.2 Å². The fourth-order valence-corrected chi connectivity index (χ4v) is 3.15. The number of ether oxygens (including phenoxy) is 2. The van der Waals surface area contributed by atoms with Crippen LogP contribution in [0.25, 0.3) is 10.9 Å². The summed E-state index contributed by atoms with van der Waals surface area (Å²) in [6.07, 6.45) is 0.0546. The average Bonchev–Trinajstić information content (AvgIpc) is 2.89. The minimum absolute atomic E-state index is 0.0502. The van der Waals surface area contributed by atoms with Crippen LogP contribution in [0.1, 0.15) is 5.56 Å². The Bertz CT molecular complexity index is 1040. The van der Waals surface area contributed by atoms with Gasteiger partial charge < -0.3 is 19.1 Å². The molecule has 0 fully saturated rings. The molecule has 2 aromatic carbocycles. The molecule has 3 aromatic rings. The quantitative estimate of drug-likeness (QED) is 0.601. The molecular formula is C19H18BrN3O4. The van der Waals surface area contributed by atoms with E-state index in [1.54, 1.807) is 36.9 Å². The van der Waals surface area contributed by atoms with Gasteiger partial charge in [0.15, 0.2) is 17.2 Å². The zero-order chi connectivity index (χ0) is 19.6. The fourth-order valence-electron chi connectivity index (χ4n) is 2.79. The number of carbonyl (C=O) groups is 1. The predicted octanol–water partition coefficient (Wildman–Crippen LogP) is 4.52. The molecule has 1 N–H and O–H groups in total. The van der Waals surface area contributed by atoms with Crippen LogP contribution in [-0.2, 0) is 18.3 Å². The Morgan fingerprint density at radius 3 is 2.59 bits per heavy atom. The minimum Gasteiger partial charge on any atom is -0.493 e. The summed E-state index contributed by atoms with van der Waals surface area (Å²) >= 11 is 3.40. The summed E-state index contributed by atoms with van der Waals surface area (Å²) in [6, 6.07) is 10.8. The van der Waals surface area contributed by atoms with Gasteiger partial charge in [-0.3, -0.25) is 4.79 Å².